The molecular formula is C15H20ClN3. The van der Waals surface area contributed by atoms with Crippen LogP contribution >= 0.6 is 12.4 Å². The van der Waals surface area contributed by atoms with Crippen LogP contribution in [0.4, 0.5) is 0 Å². The van der Waals surface area contributed by atoms with Gasteiger partial charge in [-0.2, -0.15) is 5.10 Å². The third-order valence-electron chi connectivity index (χ3n) is 3.68. The van der Waals surface area contributed by atoms with Crippen molar-refractivity contribution in [3.05, 3.63) is 46.8 Å². The van der Waals surface area contributed by atoms with Gasteiger partial charge in [0.05, 0.1) is 11.9 Å². The molecule has 1 aromatic heterocycles. The van der Waals surface area contributed by atoms with E-state index < -0.39 is 0 Å². The summed E-state index contributed by atoms with van der Waals surface area (Å²) in [5, 5.41) is 4.54. The average molecular weight is 278 g/mol. The number of rotatable bonds is 1. The second-order valence-electron chi connectivity index (χ2n) is 5.30. The van der Waals surface area contributed by atoms with E-state index in [0.717, 1.165) is 24.9 Å². The van der Waals surface area contributed by atoms with Gasteiger partial charge in [0, 0.05) is 17.3 Å². The molecule has 1 unspecified atom stereocenters. The van der Waals surface area contributed by atoms with Crippen LogP contribution in [0, 0.1) is 13.8 Å². The number of aryl methyl sites for hydroxylation is 2. The summed E-state index contributed by atoms with van der Waals surface area (Å²) in [6.07, 6.45) is 5.25. The first-order valence-corrected chi connectivity index (χ1v) is 6.56. The zero-order chi connectivity index (χ0) is 12.7. The lowest BCUT2D eigenvalue weighted by Crippen LogP contribution is -2.18. The smallest absolute Gasteiger partial charge is 0.0654 e. The number of hydrogen-bond donors (Lipinski definition) is 1. The van der Waals surface area contributed by atoms with Crippen molar-refractivity contribution in [3.8, 4) is 5.69 Å². The molecule has 1 aliphatic rings. The Morgan fingerprint density at radius 1 is 1.21 bits per heavy atom. The fraction of sp³-hybridized carbons (Fsp3) is 0.400. The minimum Gasteiger partial charge on any atom is -0.324 e. The molecule has 1 aliphatic carbocycles. The molecule has 0 amide bonds. The minimum absolute atomic E-state index is 0. The van der Waals surface area contributed by atoms with Crippen molar-refractivity contribution in [1.82, 2.24) is 9.78 Å². The summed E-state index contributed by atoms with van der Waals surface area (Å²) in [5.74, 6) is 0. The van der Waals surface area contributed by atoms with Gasteiger partial charge in [-0.25, -0.2) is 4.68 Å². The van der Waals surface area contributed by atoms with Crippen LogP contribution in [-0.4, -0.2) is 9.78 Å². The lowest BCUT2D eigenvalue weighted by atomic mass is 9.94. The summed E-state index contributed by atoms with van der Waals surface area (Å²) < 4.78 is 2.06. The summed E-state index contributed by atoms with van der Waals surface area (Å²) >= 11 is 0. The Kier molecular flexibility index (Phi) is 3.97. The molecule has 3 nitrogen and oxygen atoms in total. The molecule has 1 aromatic carbocycles. The number of fused-ring (bicyclic) bond motifs is 1. The van der Waals surface area contributed by atoms with E-state index in [4.69, 9.17) is 5.73 Å². The Morgan fingerprint density at radius 2 is 1.89 bits per heavy atom. The van der Waals surface area contributed by atoms with Gasteiger partial charge in [0.25, 0.3) is 0 Å². The number of benzene rings is 1. The largest absolute Gasteiger partial charge is 0.324 e. The molecule has 0 saturated carbocycles. The van der Waals surface area contributed by atoms with Gasteiger partial charge in [0.15, 0.2) is 0 Å². The maximum Gasteiger partial charge on any atom is 0.0654 e. The Balaban J connectivity index is 0.00000133. The quantitative estimate of drug-likeness (QED) is 0.870. The highest BCUT2D eigenvalue weighted by Gasteiger charge is 2.21. The van der Waals surface area contributed by atoms with Crippen LogP contribution < -0.4 is 5.73 Å². The molecule has 0 saturated heterocycles. The number of nitrogens with two attached hydrogens (primary N) is 1. The summed E-state index contributed by atoms with van der Waals surface area (Å²) in [6.45, 7) is 4.25. The minimum atomic E-state index is 0. The van der Waals surface area contributed by atoms with E-state index >= 15 is 0 Å². The summed E-state index contributed by atoms with van der Waals surface area (Å²) in [7, 11) is 0. The van der Waals surface area contributed by atoms with Gasteiger partial charge < -0.3 is 5.73 Å². The van der Waals surface area contributed by atoms with Crippen LogP contribution in [0.3, 0.4) is 0 Å². The van der Waals surface area contributed by atoms with Crippen molar-refractivity contribution in [1.29, 1.82) is 0 Å². The second kappa shape index (κ2) is 5.35. The fourth-order valence-corrected chi connectivity index (χ4v) is 2.89. The molecule has 2 N–H and O–H groups in total. The summed E-state index contributed by atoms with van der Waals surface area (Å²) in [4.78, 5) is 0. The van der Waals surface area contributed by atoms with Crippen LogP contribution in [0.25, 0.3) is 5.69 Å². The van der Waals surface area contributed by atoms with Crippen LogP contribution in [0.2, 0.25) is 0 Å². The Hall–Kier alpha value is -1.32. The van der Waals surface area contributed by atoms with Crippen LogP contribution in [-0.2, 0) is 6.42 Å². The molecule has 4 heteroatoms. The Morgan fingerprint density at radius 3 is 2.58 bits per heavy atom. The van der Waals surface area contributed by atoms with Gasteiger partial charge >= 0.3 is 0 Å². The lowest BCUT2D eigenvalue weighted by Gasteiger charge is -2.19. The van der Waals surface area contributed by atoms with Crippen molar-refractivity contribution in [2.45, 2.75) is 39.2 Å². The molecule has 3 rings (SSSR count). The molecular weight excluding hydrogens is 258 g/mol. The van der Waals surface area contributed by atoms with Gasteiger partial charge in [-0.05, 0) is 56.4 Å². The van der Waals surface area contributed by atoms with Crippen LogP contribution in [0.15, 0.2) is 24.4 Å². The maximum atomic E-state index is 6.14. The van der Waals surface area contributed by atoms with Crippen molar-refractivity contribution in [3.63, 3.8) is 0 Å². The topological polar surface area (TPSA) is 43.8 Å². The van der Waals surface area contributed by atoms with Crippen molar-refractivity contribution >= 4 is 12.4 Å². The fourth-order valence-electron chi connectivity index (χ4n) is 2.89. The standard InChI is InChI=1S/C15H19N3.ClH/c1-10-6-11(2)8-12(7-10)18-15-5-3-4-14(16)13(15)9-17-18;/h6-9,14H,3-5,16H2,1-2H3;1H. The van der Waals surface area contributed by atoms with Gasteiger partial charge in [0.2, 0.25) is 0 Å². The van der Waals surface area contributed by atoms with E-state index in [9.17, 15) is 0 Å². The lowest BCUT2D eigenvalue weighted by molar-refractivity contribution is 0.558. The Labute approximate surface area is 120 Å². The van der Waals surface area contributed by atoms with E-state index in [0.29, 0.717) is 0 Å². The van der Waals surface area contributed by atoms with E-state index in [-0.39, 0.29) is 18.4 Å². The molecule has 0 fully saturated rings. The van der Waals surface area contributed by atoms with E-state index in [2.05, 4.69) is 41.8 Å². The van der Waals surface area contributed by atoms with Crippen LogP contribution in [0.1, 0.15) is 41.3 Å². The van der Waals surface area contributed by atoms with E-state index in [1.54, 1.807) is 0 Å². The van der Waals surface area contributed by atoms with Crippen molar-refractivity contribution in [2.75, 3.05) is 0 Å². The molecule has 1 atom stereocenters. The molecule has 102 valence electrons. The summed E-state index contributed by atoms with van der Waals surface area (Å²) in [5.41, 5.74) is 12.4. The predicted molar refractivity (Wildman–Crippen MR) is 80.2 cm³/mol. The SMILES string of the molecule is Cc1cc(C)cc(-n2ncc3c2CCCC3N)c1.Cl. The maximum absolute atomic E-state index is 6.14. The molecule has 1 heterocycles. The normalized spacial score (nSPS) is 17.7. The second-order valence-corrected chi connectivity index (χ2v) is 5.30. The molecule has 0 bridgehead atoms. The first-order valence-electron chi connectivity index (χ1n) is 6.56. The highest BCUT2D eigenvalue weighted by atomic mass is 35.5. The van der Waals surface area contributed by atoms with Gasteiger partial charge in [-0.15, -0.1) is 12.4 Å². The number of aromatic nitrogens is 2. The third kappa shape index (κ3) is 2.53. The highest BCUT2D eigenvalue weighted by molar-refractivity contribution is 5.85. The average Bonchev–Trinajstić information content (AvgIpc) is 2.73. The van der Waals surface area contributed by atoms with Gasteiger partial charge in [0.1, 0.15) is 0 Å². The zero-order valence-electron chi connectivity index (χ0n) is 11.4. The zero-order valence-corrected chi connectivity index (χ0v) is 12.2. The number of hydrogen-bond acceptors (Lipinski definition) is 2. The van der Waals surface area contributed by atoms with E-state index in [1.165, 1.54) is 22.4 Å². The predicted octanol–water partition coefficient (Wildman–Crippen LogP) is 3.25. The molecule has 0 spiro atoms. The summed E-state index contributed by atoms with van der Waals surface area (Å²) in [6, 6.07) is 6.71. The molecule has 0 radical (unpaired) electrons. The number of nitrogens with zero attached hydrogens (tertiary/aromatic N) is 2. The van der Waals surface area contributed by atoms with Crippen molar-refractivity contribution < 1.29 is 0 Å². The Bertz CT molecular complexity index is 569. The molecule has 19 heavy (non-hydrogen) atoms. The number of halogens is 1. The monoisotopic (exact) mass is 277 g/mol. The molecule has 2 aromatic rings. The third-order valence-corrected chi connectivity index (χ3v) is 3.68. The highest BCUT2D eigenvalue weighted by Crippen LogP contribution is 2.29. The van der Waals surface area contributed by atoms with Crippen LogP contribution in [0.5, 0.6) is 0 Å². The van der Waals surface area contributed by atoms with Crippen molar-refractivity contribution in [2.24, 2.45) is 5.73 Å². The first kappa shape index (κ1) is 14.1. The van der Waals surface area contributed by atoms with Gasteiger partial charge in [-0.3, -0.25) is 0 Å². The molecule has 0 aliphatic heterocycles. The first-order chi connectivity index (χ1) is 8.65. The van der Waals surface area contributed by atoms with E-state index in [1.807, 2.05) is 6.20 Å². The van der Waals surface area contributed by atoms with Gasteiger partial charge in [-0.1, -0.05) is 6.07 Å².